The van der Waals surface area contributed by atoms with E-state index in [1.165, 1.54) is 0 Å². The molecule has 1 aromatic rings. The third-order valence-corrected chi connectivity index (χ3v) is 2.96. The zero-order valence-electron chi connectivity index (χ0n) is 10.4. The fourth-order valence-corrected chi connectivity index (χ4v) is 2.05. The summed E-state index contributed by atoms with van der Waals surface area (Å²) >= 11 is 0. The van der Waals surface area contributed by atoms with Gasteiger partial charge >= 0.3 is 0 Å². The molecule has 2 rings (SSSR count). The third-order valence-electron chi connectivity index (χ3n) is 2.96. The van der Waals surface area contributed by atoms with Crippen molar-refractivity contribution in [1.82, 2.24) is 10.2 Å². The van der Waals surface area contributed by atoms with Crippen molar-refractivity contribution in [2.75, 3.05) is 13.1 Å². The van der Waals surface area contributed by atoms with Gasteiger partial charge in [0.15, 0.2) is 0 Å². The number of nitrogens with one attached hydrogen (secondary N) is 1. The van der Waals surface area contributed by atoms with Crippen LogP contribution in [0.1, 0.15) is 37.7 Å². The predicted octanol–water partition coefficient (Wildman–Crippen LogP) is 1.90. The van der Waals surface area contributed by atoms with Crippen molar-refractivity contribution in [2.45, 2.75) is 39.3 Å². The Morgan fingerprint density at radius 2 is 2.24 bits per heavy atom. The summed E-state index contributed by atoms with van der Waals surface area (Å²) in [6.07, 6.45) is 2.78. The van der Waals surface area contributed by atoms with Crippen LogP contribution in [-0.4, -0.2) is 23.9 Å². The van der Waals surface area contributed by atoms with Crippen molar-refractivity contribution in [1.29, 1.82) is 0 Å². The Bertz CT molecular complexity index is 373. The smallest absolute Gasteiger partial charge is 0.223 e. The molecule has 1 aliphatic rings. The number of likely N-dealkylation sites (tertiary alicyclic amines) is 1. The van der Waals surface area contributed by atoms with Gasteiger partial charge in [0.2, 0.25) is 5.91 Å². The summed E-state index contributed by atoms with van der Waals surface area (Å²) in [6, 6.07) is 3.95. The minimum Gasteiger partial charge on any atom is -0.463 e. The van der Waals surface area contributed by atoms with Crippen LogP contribution < -0.4 is 5.32 Å². The maximum Gasteiger partial charge on any atom is 0.223 e. The monoisotopic (exact) mass is 236 g/mol. The zero-order chi connectivity index (χ0) is 12.1. The lowest BCUT2D eigenvalue weighted by atomic mass is 10.4. The molecule has 0 radical (unpaired) electrons. The fraction of sp³-hybridized carbons (Fsp3) is 0.615. The Kier molecular flexibility index (Phi) is 4.20. The second-order valence-corrected chi connectivity index (χ2v) is 4.46. The summed E-state index contributed by atoms with van der Waals surface area (Å²) in [7, 11) is 0. The van der Waals surface area contributed by atoms with Gasteiger partial charge in [0, 0.05) is 13.0 Å². The van der Waals surface area contributed by atoms with E-state index in [1.807, 2.05) is 17.0 Å². The van der Waals surface area contributed by atoms with Crippen LogP contribution in [0.25, 0.3) is 0 Å². The van der Waals surface area contributed by atoms with Gasteiger partial charge in [-0.05, 0) is 31.5 Å². The highest BCUT2D eigenvalue weighted by molar-refractivity contribution is 5.77. The molecule has 0 bridgehead atoms. The Morgan fingerprint density at radius 1 is 1.41 bits per heavy atom. The molecular weight excluding hydrogens is 216 g/mol. The first-order valence-corrected chi connectivity index (χ1v) is 6.35. The highest BCUT2D eigenvalue weighted by atomic mass is 16.3. The molecule has 4 nitrogen and oxygen atoms in total. The summed E-state index contributed by atoms with van der Waals surface area (Å²) in [5.41, 5.74) is 0. The molecule has 1 saturated heterocycles. The van der Waals surface area contributed by atoms with Crippen LogP contribution in [0.2, 0.25) is 0 Å². The van der Waals surface area contributed by atoms with Crippen molar-refractivity contribution >= 4 is 5.91 Å². The first kappa shape index (κ1) is 12.2. The molecule has 0 spiro atoms. The second-order valence-electron chi connectivity index (χ2n) is 4.46. The molecule has 4 heteroatoms. The number of carbonyl (C=O) groups excluding carboxylic acids is 1. The fourth-order valence-electron chi connectivity index (χ4n) is 2.05. The van der Waals surface area contributed by atoms with Crippen LogP contribution in [0, 0.1) is 0 Å². The molecular formula is C13H20N2O2. The molecule has 0 aliphatic carbocycles. The normalized spacial score (nSPS) is 15.8. The number of rotatable bonds is 6. The maximum atomic E-state index is 11.5. The average molecular weight is 236 g/mol. The van der Waals surface area contributed by atoms with Crippen LogP contribution in [0.3, 0.4) is 0 Å². The minimum atomic E-state index is 0.243. The Morgan fingerprint density at radius 3 is 2.94 bits per heavy atom. The standard InChI is InChI=1S/C13H20N2O2/c1-2-7-14-9-11-5-6-12(17-11)10-15-8-3-4-13(15)16/h5-6,14H,2-4,7-10H2,1H3. The van der Waals surface area contributed by atoms with E-state index in [0.29, 0.717) is 13.0 Å². The Hall–Kier alpha value is -1.29. The summed E-state index contributed by atoms with van der Waals surface area (Å²) in [6.45, 7) is 5.39. The first-order chi connectivity index (χ1) is 8.29. The first-order valence-electron chi connectivity index (χ1n) is 6.35. The van der Waals surface area contributed by atoms with Crippen molar-refractivity contribution in [2.24, 2.45) is 0 Å². The summed E-state index contributed by atoms with van der Waals surface area (Å²) in [5, 5.41) is 3.29. The van der Waals surface area contributed by atoms with Crippen molar-refractivity contribution in [3.8, 4) is 0 Å². The van der Waals surface area contributed by atoms with Gasteiger partial charge in [0.25, 0.3) is 0 Å². The molecule has 0 unspecified atom stereocenters. The molecule has 94 valence electrons. The van der Waals surface area contributed by atoms with Crippen LogP contribution in [0.15, 0.2) is 16.5 Å². The van der Waals surface area contributed by atoms with Crippen LogP contribution in [-0.2, 0) is 17.9 Å². The molecule has 2 heterocycles. The lowest BCUT2D eigenvalue weighted by Crippen LogP contribution is -2.23. The third kappa shape index (κ3) is 3.33. The van der Waals surface area contributed by atoms with Crippen molar-refractivity contribution in [3.63, 3.8) is 0 Å². The average Bonchev–Trinajstić information content (AvgIpc) is 2.91. The molecule has 0 saturated carbocycles. The maximum absolute atomic E-state index is 11.5. The minimum absolute atomic E-state index is 0.243. The largest absolute Gasteiger partial charge is 0.463 e. The number of nitrogens with zero attached hydrogens (tertiary/aromatic N) is 1. The zero-order valence-corrected chi connectivity index (χ0v) is 10.4. The van der Waals surface area contributed by atoms with E-state index in [1.54, 1.807) is 0 Å². The number of carbonyl (C=O) groups is 1. The lowest BCUT2D eigenvalue weighted by Gasteiger charge is -2.12. The van der Waals surface area contributed by atoms with Crippen LogP contribution >= 0.6 is 0 Å². The molecule has 1 aromatic heterocycles. The van der Waals surface area contributed by atoms with Gasteiger partial charge in [-0.1, -0.05) is 6.92 Å². The highest BCUT2D eigenvalue weighted by Gasteiger charge is 2.21. The van der Waals surface area contributed by atoms with E-state index >= 15 is 0 Å². The SMILES string of the molecule is CCCNCc1ccc(CN2CCCC2=O)o1. The van der Waals surface area contributed by atoms with E-state index in [9.17, 15) is 4.79 Å². The summed E-state index contributed by atoms with van der Waals surface area (Å²) < 4.78 is 5.68. The molecule has 0 aromatic carbocycles. The van der Waals surface area contributed by atoms with Crippen molar-refractivity contribution < 1.29 is 9.21 Å². The molecule has 1 fully saturated rings. The summed E-state index contributed by atoms with van der Waals surface area (Å²) in [4.78, 5) is 13.3. The molecule has 1 amide bonds. The topological polar surface area (TPSA) is 45.5 Å². The number of furan rings is 1. The van der Waals surface area contributed by atoms with E-state index < -0.39 is 0 Å². The number of hydrogen-bond donors (Lipinski definition) is 1. The van der Waals surface area contributed by atoms with Crippen molar-refractivity contribution in [3.05, 3.63) is 23.7 Å². The molecule has 17 heavy (non-hydrogen) atoms. The molecule has 1 aliphatic heterocycles. The van der Waals surface area contributed by atoms with E-state index in [0.717, 1.165) is 44.0 Å². The second kappa shape index (κ2) is 5.87. The Labute approximate surface area is 102 Å². The lowest BCUT2D eigenvalue weighted by molar-refractivity contribution is -0.128. The van der Waals surface area contributed by atoms with Gasteiger partial charge in [0.05, 0.1) is 13.1 Å². The predicted molar refractivity (Wildman–Crippen MR) is 65.4 cm³/mol. The quantitative estimate of drug-likeness (QED) is 0.767. The molecule has 1 N–H and O–H groups in total. The highest BCUT2D eigenvalue weighted by Crippen LogP contribution is 2.16. The summed E-state index contributed by atoms with van der Waals surface area (Å²) in [5.74, 6) is 2.07. The molecule has 0 atom stereocenters. The van der Waals surface area contributed by atoms with E-state index in [2.05, 4.69) is 12.2 Å². The van der Waals surface area contributed by atoms with Gasteiger partial charge in [-0.15, -0.1) is 0 Å². The van der Waals surface area contributed by atoms with E-state index in [4.69, 9.17) is 4.42 Å². The van der Waals surface area contributed by atoms with Gasteiger partial charge in [-0.25, -0.2) is 0 Å². The van der Waals surface area contributed by atoms with Gasteiger partial charge in [-0.3, -0.25) is 4.79 Å². The van der Waals surface area contributed by atoms with Gasteiger partial charge < -0.3 is 14.6 Å². The van der Waals surface area contributed by atoms with Gasteiger partial charge in [-0.2, -0.15) is 0 Å². The van der Waals surface area contributed by atoms with Crippen LogP contribution in [0.5, 0.6) is 0 Å². The number of amides is 1. The van der Waals surface area contributed by atoms with Crippen LogP contribution in [0.4, 0.5) is 0 Å². The Balaban J connectivity index is 1.83. The number of hydrogen-bond acceptors (Lipinski definition) is 3. The van der Waals surface area contributed by atoms with E-state index in [-0.39, 0.29) is 5.91 Å². The van der Waals surface area contributed by atoms with Gasteiger partial charge in [0.1, 0.15) is 11.5 Å².